The molecule has 0 fully saturated rings. The lowest BCUT2D eigenvalue weighted by Crippen LogP contribution is -2.12. The number of halogens is 3. The van der Waals surface area contributed by atoms with Gasteiger partial charge in [0.2, 0.25) is 5.82 Å². The molecule has 0 atom stereocenters. The summed E-state index contributed by atoms with van der Waals surface area (Å²) in [5.41, 5.74) is 0.170. The Morgan fingerprint density at radius 1 is 1.05 bits per heavy atom. The van der Waals surface area contributed by atoms with Crippen LogP contribution in [0.5, 0.6) is 11.5 Å². The molecule has 0 aliphatic carbocycles. The molecule has 0 bridgehead atoms. The molecule has 120 valence electrons. The first-order valence-electron chi connectivity index (χ1n) is 6.44. The van der Waals surface area contributed by atoms with Crippen LogP contribution in [0.4, 0.5) is 13.2 Å². The van der Waals surface area contributed by atoms with Gasteiger partial charge in [-0.1, -0.05) is 13.8 Å². The molecule has 0 saturated carbocycles. The van der Waals surface area contributed by atoms with Gasteiger partial charge in [-0.2, -0.15) is 13.2 Å². The topological polar surface area (TPSA) is 44.2 Å². The maximum atomic E-state index is 13.0. The fourth-order valence-electron chi connectivity index (χ4n) is 1.87. The Morgan fingerprint density at radius 2 is 1.64 bits per heavy atom. The largest absolute Gasteiger partial charge is 0.493 e. The first-order chi connectivity index (χ1) is 10.3. The van der Waals surface area contributed by atoms with Crippen LogP contribution in [0.15, 0.2) is 17.2 Å². The lowest BCUT2D eigenvalue weighted by Gasteiger charge is -2.14. The Hall–Kier alpha value is -1.70. The summed E-state index contributed by atoms with van der Waals surface area (Å²) in [6, 6.07) is 3.02. The zero-order valence-corrected chi connectivity index (χ0v) is 13.3. The van der Waals surface area contributed by atoms with Gasteiger partial charge >= 0.3 is 6.18 Å². The summed E-state index contributed by atoms with van der Waals surface area (Å²) in [5.74, 6) is -0.415. The van der Waals surface area contributed by atoms with Crippen LogP contribution >= 0.6 is 11.8 Å². The molecule has 0 N–H and O–H groups in total. The molecule has 2 aromatic rings. The van der Waals surface area contributed by atoms with Crippen LogP contribution in [0.2, 0.25) is 0 Å². The smallest absolute Gasteiger partial charge is 0.451 e. The van der Waals surface area contributed by atoms with E-state index in [1.165, 1.54) is 32.0 Å². The number of thioether (sulfide) groups is 1. The quantitative estimate of drug-likeness (QED) is 0.621. The number of ether oxygens (including phenoxy) is 2. The summed E-state index contributed by atoms with van der Waals surface area (Å²) in [6.45, 7) is 3.76. The van der Waals surface area contributed by atoms with Gasteiger partial charge in [0.1, 0.15) is 5.03 Å². The van der Waals surface area contributed by atoms with E-state index in [2.05, 4.69) is 9.97 Å². The van der Waals surface area contributed by atoms with Crippen molar-refractivity contribution in [3.05, 3.63) is 18.0 Å². The first kappa shape index (κ1) is 16.7. The molecule has 0 unspecified atom stereocenters. The van der Waals surface area contributed by atoms with Crippen molar-refractivity contribution in [3.8, 4) is 11.5 Å². The lowest BCUT2D eigenvalue weighted by atomic mass is 10.2. The predicted octanol–water partition coefficient (Wildman–Crippen LogP) is 4.17. The third kappa shape index (κ3) is 3.37. The highest BCUT2D eigenvalue weighted by Gasteiger charge is 2.35. The van der Waals surface area contributed by atoms with E-state index in [1.807, 2.05) is 13.8 Å². The van der Waals surface area contributed by atoms with E-state index in [9.17, 15) is 13.2 Å². The van der Waals surface area contributed by atoms with Gasteiger partial charge in [0, 0.05) is 16.7 Å². The van der Waals surface area contributed by atoms with Crippen LogP contribution in [0.25, 0.3) is 10.9 Å². The van der Waals surface area contributed by atoms with Gasteiger partial charge in [-0.25, -0.2) is 9.97 Å². The molecule has 0 saturated heterocycles. The van der Waals surface area contributed by atoms with Gasteiger partial charge in [0.05, 0.1) is 19.7 Å². The third-order valence-electron chi connectivity index (χ3n) is 2.77. The maximum Gasteiger partial charge on any atom is 0.451 e. The van der Waals surface area contributed by atoms with Crippen molar-refractivity contribution in [2.45, 2.75) is 30.3 Å². The lowest BCUT2D eigenvalue weighted by molar-refractivity contribution is -0.145. The highest BCUT2D eigenvalue weighted by atomic mass is 32.2. The molecule has 22 heavy (non-hydrogen) atoms. The van der Waals surface area contributed by atoms with Crippen molar-refractivity contribution >= 4 is 22.7 Å². The minimum atomic E-state index is -4.60. The minimum absolute atomic E-state index is 0.0762. The van der Waals surface area contributed by atoms with Crippen LogP contribution in [-0.2, 0) is 6.18 Å². The molecule has 1 heterocycles. The van der Waals surface area contributed by atoms with Crippen LogP contribution < -0.4 is 9.47 Å². The number of alkyl halides is 3. The number of aromatic nitrogens is 2. The zero-order chi connectivity index (χ0) is 16.5. The Balaban J connectivity index is 2.75. The van der Waals surface area contributed by atoms with E-state index in [0.717, 1.165) is 0 Å². The van der Waals surface area contributed by atoms with E-state index < -0.39 is 12.0 Å². The summed E-state index contributed by atoms with van der Waals surface area (Å²) >= 11 is 1.24. The number of hydrogen-bond donors (Lipinski definition) is 0. The maximum absolute atomic E-state index is 13.0. The zero-order valence-electron chi connectivity index (χ0n) is 12.5. The number of hydrogen-bond acceptors (Lipinski definition) is 5. The van der Waals surface area contributed by atoms with Crippen LogP contribution in [-0.4, -0.2) is 29.4 Å². The third-order valence-corrected chi connectivity index (χ3v) is 3.77. The second kappa shape index (κ2) is 6.20. The molecule has 0 radical (unpaired) electrons. The Morgan fingerprint density at radius 3 is 2.14 bits per heavy atom. The Bertz CT molecular complexity index is 690. The number of fused-ring (bicyclic) bond motifs is 1. The summed E-state index contributed by atoms with van der Waals surface area (Å²) < 4.78 is 49.2. The van der Waals surface area contributed by atoms with Crippen molar-refractivity contribution in [3.63, 3.8) is 0 Å². The molecule has 8 heteroatoms. The Kier molecular flexibility index (Phi) is 4.69. The standard InChI is InChI=1S/C14H15F3N2O2S/c1-7(2)22-12-8-5-10(20-3)11(21-4)6-9(8)18-13(19-12)14(15,16)17/h5-7H,1-4H3. The van der Waals surface area contributed by atoms with E-state index in [0.29, 0.717) is 16.9 Å². The molecule has 4 nitrogen and oxygen atoms in total. The van der Waals surface area contributed by atoms with E-state index >= 15 is 0 Å². The van der Waals surface area contributed by atoms with E-state index in [4.69, 9.17) is 9.47 Å². The fourth-order valence-corrected chi connectivity index (χ4v) is 2.74. The summed E-state index contributed by atoms with van der Waals surface area (Å²) in [6.07, 6.45) is -4.60. The van der Waals surface area contributed by atoms with E-state index in [-0.39, 0.29) is 15.8 Å². The van der Waals surface area contributed by atoms with Gasteiger partial charge in [-0.05, 0) is 6.07 Å². The monoisotopic (exact) mass is 332 g/mol. The number of rotatable bonds is 4. The second-order valence-corrected chi connectivity index (χ2v) is 6.31. The highest BCUT2D eigenvalue weighted by molar-refractivity contribution is 8.00. The average Bonchev–Trinajstić information content (AvgIpc) is 2.44. The van der Waals surface area contributed by atoms with Gasteiger partial charge < -0.3 is 9.47 Å². The summed E-state index contributed by atoms with van der Waals surface area (Å²) in [4.78, 5) is 7.29. The molecule has 0 aliphatic rings. The average molecular weight is 332 g/mol. The minimum Gasteiger partial charge on any atom is -0.493 e. The van der Waals surface area contributed by atoms with Gasteiger partial charge in [0.15, 0.2) is 11.5 Å². The predicted molar refractivity (Wildman–Crippen MR) is 78.6 cm³/mol. The van der Waals surface area contributed by atoms with Crippen LogP contribution in [0.3, 0.4) is 0 Å². The SMILES string of the molecule is COc1cc2nc(C(F)(F)F)nc(SC(C)C)c2cc1OC. The molecule has 1 aromatic carbocycles. The summed E-state index contributed by atoms with van der Waals surface area (Å²) in [7, 11) is 2.88. The van der Waals surface area contributed by atoms with Crippen LogP contribution in [0.1, 0.15) is 19.7 Å². The van der Waals surface area contributed by atoms with Crippen molar-refractivity contribution in [1.29, 1.82) is 0 Å². The van der Waals surface area contributed by atoms with Gasteiger partial charge in [-0.15, -0.1) is 11.8 Å². The fraction of sp³-hybridized carbons (Fsp3) is 0.429. The molecule has 0 amide bonds. The molecule has 1 aromatic heterocycles. The van der Waals surface area contributed by atoms with E-state index in [1.54, 1.807) is 6.07 Å². The van der Waals surface area contributed by atoms with Gasteiger partial charge in [-0.3, -0.25) is 0 Å². The highest BCUT2D eigenvalue weighted by Crippen LogP contribution is 2.38. The van der Waals surface area contributed by atoms with Gasteiger partial charge in [0.25, 0.3) is 0 Å². The Labute approximate surface area is 130 Å². The van der Waals surface area contributed by atoms with Crippen LogP contribution in [0, 0.1) is 0 Å². The molecule has 2 rings (SSSR count). The van der Waals surface area contributed by atoms with Crippen molar-refractivity contribution in [2.24, 2.45) is 0 Å². The molecule has 0 aliphatic heterocycles. The molecular weight excluding hydrogens is 317 g/mol. The molecule has 0 spiro atoms. The number of methoxy groups -OCH3 is 2. The normalized spacial score (nSPS) is 12.0. The van der Waals surface area contributed by atoms with Crippen molar-refractivity contribution in [1.82, 2.24) is 9.97 Å². The number of benzene rings is 1. The second-order valence-electron chi connectivity index (χ2n) is 4.74. The van der Waals surface area contributed by atoms with Crippen molar-refractivity contribution < 1.29 is 22.6 Å². The summed E-state index contributed by atoms with van der Waals surface area (Å²) in [5, 5.41) is 0.852. The van der Waals surface area contributed by atoms with Crippen molar-refractivity contribution in [2.75, 3.05) is 14.2 Å². The first-order valence-corrected chi connectivity index (χ1v) is 7.31. The number of nitrogens with zero attached hydrogens (tertiary/aromatic N) is 2. The molecular formula is C14H15F3N2O2S.